The van der Waals surface area contributed by atoms with Crippen LogP contribution in [-0.4, -0.2) is 44.1 Å². The normalized spacial score (nSPS) is 11.8. The van der Waals surface area contributed by atoms with Crippen LogP contribution in [0.15, 0.2) is 78.9 Å². The fraction of sp³-hybridized carbons (Fsp3) is 0.310. The molecule has 0 saturated heterocycles. The van der Waals surface area contributed by atoms with Crippen LogP contribution >= 0.6 is 19.2 Å². The predicted molar refractivity (Wildman–Crippen MR) is 159 cm³/mol. The standard InChI is InChI=1S/C29H35ClN3O7P/c1-3-39-41(36,40-4-2)21-32-25-16-15-24(30)17-26(25)31-18-27(28(34)37-19-22-11-7-5-8-12-22)33-29(35)38-20-23-13-9-6-10-14-23/h5-17,27,31-32H,3-4,18-21H2,1-2H3,(H,33,35)/t27-/m1/s1. The first-order valence-electron chi connectivity index (χ1n) is 13.1. The monoisotopic (exact) mass is 603 g/mol. The summed E-state index contributed by atoms with van der Waals surface area (Å²) in [6.07, 6.45) is -0.867. The number of hydrogen-bond acceptors (Lipinski definition) is 9. The zero-order valence-electron chi connectivity index (χ0n) is 23.0. The summed E-state index contributed by atoms with van der Waals surface area (Å²) in [6.45, 7) is 3.93. The van der Waals surface area contributed by atoms with Gasteiger partial charge >= 0.3 is 19.7 Å². The van der Waals surface area contributed by atoms with Crippen molar-refractivity contribution in [1.82, 2.24) is 5.32 Å². The molecule has 1 atom stereocenters. The van der Waals surface area contributed by atoms with E-state index in [-0.39, 0.29) is 39.3 Å². The minimum absolute atomic E-state index is 0.0328. The molecule has 0 unspecified atom stereocenters. The van der Waals surface area contributed by atoms with Gasteiger partial charge in [-0.3, -0.25) is 4.57 Å². The molecule has 0 bridgehead atoms. The van der Waals surface area contributed by atoms with E-state index in [2.05, 4.69) is 16.0 Å². The Balaban J connectivity index is 1.70. The highest BCUT2D eigenvalue weighted by molar-refractivity contribution is 7.53. The van der Waals surface area contributed by atoms with Crippen molar-refractivity contribution in [3.05, 3.63) is 95.0 Å². The SMILES string of the molecule is CCOP(=O)(CNc1ccc(Cl)cc1NC[C@@H](NC(=O)OCc1ccccc1)C(=O)OCc1ccccc1)OCC. The number of nitrogens with one attached hydrogen (secondary N) is 3. The number of ether oxygens (including phenoxy) is 2. The number of alkyl carbamates (subject to hydrolysis) is 1. The second-order valence-electron chi connectivity index (χ2n) is 8.70. The average molecular weight is 604 g/mol. The summed E-state index contributed by atoms with van der Waals surface area (Å²) in [4.78, 5) is 25.7. The fourth-order valence-electron chi connectivity index (χ4n) is 3.66. The summed E-state index contributed by atoms with van der Waals surface area (Å²) in [5, 5.41) is 9.20. The van der Waals surface area contributed by atoms with Crippen molar-refractivity contribution < 1.29 is 32.7 Å². The van der Waals surface area contributed by atoms with Crippen LogP contribution in [0.5, 0.6) is 0 Å². The van der Waals surface area contributed by atoms with Gasteiger partial charge in [-0.05, 0) is 43.2 Å². The van der Waals surface area contributed by atoms with Gasteiger partial charge < -0.3 is 34.5 Å². The Kier molecular flexibility index (Phi) is 13.0. The van der Waals surface area contributed by atoms with Gasteiger partial charge in [-0.25, -0.2) is 9.59 Å². The van der Waals surface area contributed by atoms with Crippen LogP contribution in [-0.2, 0) is 41.1 Å². The molecule has 1 amide bonds. The van der Waals surface area contributed by atoms with Crippen molar-refractivity contribution in [3.63, 3.8) is 0 Å². The number of rotatable bonds is 16. The quantitative estimate of drug-likeness (QED) is 0.126. The maximum absolute atomic E-state index is 13.1. The van der Waals surface area contributed by atoms with E-state index >= 15 is 0 Å². The molecule has 0 fully saturated rings. The van der Waals surface area contributed by atoms with Gasteiger partial charge in [0.05, 0.1) is 24.6 Å². The molecule has 10 nitrogen and oxygen atoms in total. The molecule has 3 aromatic carbocycles. The van der Waals surface area contributed by atoms with Crippen LogP contribution in [0.25, 0.3) is 0 Å². The molecule has 0 radical (unpaired) electrons. The number of esters is 1. The third kappa shape index (κ3) is 11.1. The van der Waals surface area contributed by atoms with Gasteiger partial charge in [0.25, 0.3) is 0 Å². The lowest BCUT2D eigenvalue weighted by Crippen LogP contribution is -2.46. The summed E-state index contributed by atoms with van der Waals surface area (Å²) >= 11 is 6.23. The first-order valence-corrected chi connectivity index (χ1v) is 15.3. The summed E-state index contributed by atoms with van der Waals surface area (Å²) in [7, 11) is -3.38. The molecule has 0 aliphatic carbocycles. The van der Waals surface area contributed by atoms with E-state index in [1.807, 2.05) is 60.7 Å². The lowest BCUT2D eigenvalue weighted by molar-refractivity contribution is -0.147. The molecular weight excluding hydrogens is 569 g/mol. The number of anilines is 2. The zero-order valence-corrected chi connectivity index (χ0v) is 24.7. The first-order chi connectivity index (χ1) is 19.8. The van der Waals surface area contributed by atoms with Crippen molar-refractivity contribution in [1.29, 1.82) is 0 Å². The zero-order chi connectivity index (χ0) is 29.5. The van der Waals surface area contributed by atoms with Gasteiger partial charge in [-0.2, -0.15) is 0 Å². The van der Waals surface area contributed by atoms with Crippen molar-refractivity contribution in [3.8, 4) is 0 Å². The van der Waals surface area contributed by atoms with Crippen LogP contribution in [0.4, 0.5) is 16.2 Å². The average Bonchev–Trinajstić information content (AvgIpc) is 2.98. The Bertz CT molecular complexity index is 1290. The van der Waals surface area contributed by atoms with Gasteiger partial charge in [-0.15, -0.1) is 0 Å². The fourth-order valence-corrected chi connectivity index (χ4v) is 5.24. The number of carbonyl (C=O) groups is 2. The van der Waals surface area contributed by atoms with Crippen molar-refractivity contribution in [2.24, 2.45) is 0 Å². The number of carbonyl (C=O) groups excluding carboxylic acids is 2. The minimum atomic E-state index is -3.38. The number of benzene rings is 3. The highest BCUT2D eigenvalue weighted by Crippen LogP contribution is 2.48. The van der Waals surface area contributed by atoms with E-state index in [9.17, 15) is 14.2 Å². The summed E-state index contributed by atoms with van der Waals surface area (Å²) in [5.41, 5.74) is 2.64. The number of halogens is 1. The van der Waals surface area contributed by atoms with E-state index in [1.165, 1.54) is 0 Å². The maximum atomic E-state index is 13.1. The Morgan fingerprint density at radius 3 is 1.98 bits per heavy atom. The van der Waals surface area contributed by atoms with Gasteiger partial charge in [0.15, 0.2) is 0 Å². The van der Waals surface area contributed by atoms with Crippen LogP contribution in [0.1, 0.15) is 25.0 Å². The Morgan fingerprint density at radius 1 is 0.805 bits per heavy atom. The molecule has 0 aliphatic rings. The van der Waals surface area contributed by atoms with E-state index in [0.717, 1.165) is 11.1 Å². The molecule has 0 saturated carbocycles. The molecule has 0 aliphatic heterocycles. The summed E-state index contributed by atoms with van der Waals surface area (Å²) < 4.78 is 34.4. The Hall–Kier alpha value is -3.56. The number of amides is 1. The van der Waals surface area contributed by atoms with E-state index in [0.29, 0.717) is 16.4 Å². The topological polar surface area (TPSA) is 124 Å². The third-order valence-electron chi connectivity index (χ3n) is 5.61. The van der Waals surface area contributed by atoms with Crippen LogP contribution < -0.4 is 16.0 Å². The third-order valence-corrected chi connectivity index (χ3v) is 7.69. The summed E-state index contributed by atoms with van der Waals surface area (Å²) in [5.74, 6) is -0.660. The summed E-state index contributed by atoms with van der Waals surface area (Å²) in [6, 6.07) is 22.3. The smallest absolute Gasteiger partial charge is 0.408 e. The second kappa shape index (κ2) is 16.6. The van der Waals surface area contributed by atoms with Crippen molar-refractivity contribution >= 4 is 42.6 Å². The molecule has 12 heteroatoms. The van der Waals surface area contributed by atoms with Gasteiger partial charge in [0.2, 0.25) is 0 Å². The molecule has 3 N–H and O–H groups in total. The van der Waals surface area contributed by atoms with E-state index < -0.39 is 25.7 Å². The lowest BCUT2D eigenvalue weighted by Gasteiger charge is -2.22. The Labute approximate surface area is 245 Å². The van der Waals surface area contributed by atoms with Crippen LogP contribution in [0.3, 0.4) is 0 Å². The van der Waals surface area contributed by atoms with Gasteiger partial charge in [0, 0.05) is 11.6 Å². The lowest BCUT2D eigenvalue weighted by atomic mass is 10.2. The largest absolute Gasteiger partial charge is 0.459 e. The predicted octanol–water partition coefficient (Wildman–Crippen LogP) is 6.43. The number of hydrogen-bond donors (Lipinski definition) is 3. The minimum Gasteiger partial charge on any atom is -0.459 e. The first kappa shape index (κ1) is 32.0. The molecule has 3 rings (SSSR count). The Morgan fingerprint density at radius 2 is 1.39 bits per heavy atom. The van der Waals surface area contributed by atoms with Crippen molar-refractivity contribution in [2.45, 2.75) is 33.1 Å². The maximum Gasteiger partial charge on any atom is 0.408 e. The molecule has 0 aromatic heterocycles. The molecule has 0 heterocycles. The van der Waals surface area contributed by atoms with Crippen LogP contribution in [0.2, 0.25) is 5.02 Å². The molecule has 3 aromatic rings. The van der Waals surface area contributed by atoms with Gasteiger partial charge in [0.1, 0.15) is 25.5 Å². The highest BCUT2D eigenvalue weighted by Gasteiger charge is 2.25. The van der Waals surface area contributed by atoms with E-state index in [4.69, 9.17) is 30.1 Å². The van der Waals surface area contributed by atoms with Gasteiger partial charge in [-0.1, -0.05) is 72.3 Å². The molecular formula is C29H35ClN3O7P. The molecule has 220 valence electrons. The van der Waals surface area contributed by atoms with E-state index in [1.54, 1.807) is 32.0 Å². The molecule has 41 heavy (non-hydrogen) atoms. The van der Waals surface area contributed by atoms with Crippen LogP contribution in [0, 0.1) is 0 Å². The molecule has 0 spiro atoms. The van der Waals surface area contributed by atoms with Crippen molar-refractivity contribution in [2.75, 3.05) is 36.7 Å². The highest BCUT2D eigenvalue weighted by atomic mass is 35.5. The second-order valence-corrected chi connectivity index (χ2v) is 11.2.